The first-order valence-electron chi connectivity index (χ1n) is 9.28. The van der Waals surface area contributed by atoms with Crippen LogP contribution in [-0.4, -0.2) is 23.5 Å². The Labute approximate surface area is 177 Å². The molecule has 0 atom stereocenters. The van der Waals surface area contributed by atoms with Gasteiger partial charge in [-0.15, -0.1) is 11.8 Å². The van der Waals surface area contributed by atoms with Crippen molar-refractivity contribution in [2.24, 2.45) is 5.73 Å². The molecule has 1 aromatic heterocycles. The molecule has 4 rings (SSSR count). The van der Waals surface area contributed by atoms with Crippen LogP contribution in [0.4, 0.5) is 5.69 Å². The minimum absolute atomic E-state index is 0.0647. The van der Waals surface area contributed by atoms with E-state index in [1.807, 2.05) is 12.1 Å². The molecule has 0 spiro atoms. The summed E-state index contributed by atoms with van der Waals surface area (Å²) < 4.78 is 5.23. The van der Waals surface area contributed by atoms with Gasteiger partial charge in [0.25, 0.3) is 5.91 Å². The maximum Gasteiger partial charge on any atom is 0.251 e. The van der Waals surface area contributed by atoms with Crippen LogP contribution in [0, 0.1) is 0 Å². The Morgan fingerprint density at radius 3 is 2.73 bits per heavy atom. The van der Waals surface area contributed by atoms with Crippen LogP contribution >= 0.6 is 11.8 Å². The van der Waals surface area contributed by atoms with Crippen LogP contribution in [0.15, 0.2) is 70.2 Å². The van der Waals surface area contributed by atoms with Gasteiger partial charge in [-0.3, -0.25) is 14.4 Å². The van der Waals surface area contributed by atoms with Crippen molar-refractivity contribution in [1.29, 1.82) is 0 Å². The van der Waals surface area contributed by atoms with Gasteiger partial charge < -0.3 is 20.4 Å². The van der Waals surface area contributed by atoms with Gasteiger partial charge in [-0.05, 0) is 48.0 Å². The fourth-order valence-electron chi connectivity index (χ4n) is 3.20. The van der Waals surface area contributed by atoms with E-state index in [-0.39, 0.29) is 24.9 Å². The van der Waals surface area contributed by atoms with E-state index in [0.717, 1.165) is 10.5 Å². The third kappa shape index (κ3) is 4.23. The minimum atomic E-state index is -0.520. The summed E-state index contributed by atoms with van der Waals surface area (Å²) in [6, 6.07) is 15.7. The molecule has 1 aliphatic rings. The topological polar surface area (TPSA) is 106 Å². The Morgan fingerprint density at radius 1 is 1.10 bits per heavy atom. The van der Waals surface area contributed by atoms with Gasteiger partial charge in [0, 0.05) is 16.0 Å². The maximum atomic E-state index is 12.6. The summed E-state index contributed by atoms with van der Waals surface area (Å²) in [5.74, 6) is 0.126. The molecular formula is C22H19N3O4S. The van der Waals surface area contributed by atoms with E-state index in [2.05, 4.69) is 5.32 Å². The Hall–Kier alpha value is -3.52. The van der Waals surface area contributed by atoms with Crippen LogP contribution in [0.5, 0.6) is 0 Å². The minimum Gasteiger partial charge on any atom is -0.467 e. The van der Waals surface area contributed by atoms with E-state index in [1.54, 1.807) is 53.6 Å². The number of nitrogens with one attached hydrogen (secondary N) is 1. The molecule has 7 nitrogen and oxygen atoms in total. The van der Waals surface area contributed by atoms with E-state index < -0.39 is 5.91 Å². The molecule has 0 aliphatic carbocycles. The number of amides is 3. The summed E-state index contributed by atoms with van der Waals surface area (Å²) in [5.41, 5.74) is 7.65. The zero-order chi connectivity index (χ0) is 21.1. The average Bonchev–Trinajstić information content (AvgIpc) is 3.27. The van der Waals surface area contributed by atoms with Crippen molar-refractivity contribution in [3.63, 3.8) is 0 Å². The van der Waals surface area contributed by atoms with Crippen LogP contribution in [0.3, 0.4) is 0 Å². The predicted octanol–water partition coefficient (Wildman–Crippen LogP) is 2.95. The number of benzene rings is 2. The zero-order valence-electron chi connectivity index (χ0n) is 16.0. The van der Waals surface area contributed by atoms with Crippen LogP contribution in [0.1, 0.15) is 32.0 Å². The van der Waals surface area contributed by atoms with Gasteiger partial charge in [-0.25, -0.2) is 0 Å². The lowest BCUT2D eigenvalue weighted by Crippen LogP contribution is -2.35. The van der Waals surface area contributed by atoms with Crippen molar-refractivity contribution in [2.45, 2.75) is 18.0 Å². The Balaban J connectivity index is 1.57. The zero-order valence-corrected chi connectivity index (χ0v) is 16.8. The normalized spacial score (nSPS) is 13.1. The number of carbonyl (C=O) groups is 3. The van der Waals surface area contributed by atoms with Crippen molar-refractivity contribution in [3.8, 4) is 0 Å². The third-order valence-corrected chi connectivity index (χ3v) is 5.77. The van der Waals surface area contributed by atoms with Crippen molar-refractivity contribution in [2.75, 3.05) is 10.7 Å². The van der Waals surface area contributed by atoms with E-state index in [9.17, 15) is 14.4 Å². The highest BCUT2D eigenvalue weighted by atomic mass is 32.2. The SMILES string of the molecule is NC(=O)c1cccc(CN2C(=O)CSc3ccc(C(=O)NCc4ccco4)cc32)c1. The van der Waals surface area contributed by atoms with Crippen LogP contribution in [0.25, 0.3) is 0 Å². The van der Waals surface area contributed by atoms with Gasteiger partial charge in [0.05, 0.1) is 30.8 Å². The van der Waals surface area contributed by atoms with Crippen LogP contribution in [0.2, 0.25) is 0 Å². The molecule has 0 radical (unpaired) electrons. The number of nitrogens with zero attached hydrogens (tertiary/aromatic N) is 1. The lowest BCUT2D eigenvalue weighted by Gasteiger charge is -2.29. The molecule has 3 aromatic rings. The molecule has 0 bridgehead atoms. The monoisotopic (exact) mass is 421 g/mol. The smallest absolute Gasteiger partial charge is 0.251 e. The highest BCUT2D eigenvalue weighted by molar-refractivity contribution is 8.00. The standard InChI is InChI=1S/C22H19N3O4S/c23-21(27)15-4-1-3-14(9-15)12-25-18-10-16(6-7-19(18)30-13-20(25)26)22(28)24-11-17-5-2-8-29-17/h1-10H,11-13H2,(H2,23,27)(H,24,28). The van der Waals surface area contributed by atoms with Gasteiger partial charge in [0.1, 0.15) is 5.76 Å². The first-order valence-corrected chi connectivity index (χ1v) is 10.3. The number of nitrogens with two attached hydrogens (primary N) is 1. The van der Waals surface area contributed by atoms with E-state index in [0.29, 0.717) is 28.3 Å². The number of fused-ring (bicyclic) bond motifs is 1. The Morgan fingerprint density at radius 2 is 1.97 bits per heavy atom. The van der Waals surface area contributed by atoms with Crippen molar-refractivity contribution in [3.05, 3.63) is 83.3 Å². The molecule has 0 saturated carbocycles. The number of furan rings is 1. The molecule has 2 aromatic carbocycles. The predicted molar refractivity (Wildman–Crippen MR) is 113 cm³/mol. The molecule has 152 valence electrons. The second kappa shape index (κ2) is 8.46. The second-order valence-electron chi connectivity index (χ2n) is 6.78. The highest BCUT2D eigenvalue weighted by Gasteiger charge is 2.26. The molecule has 0 fully saturated rings. The fraction of sp³-hybridized carbons (Fsp3) is 0.136. The number of carbonyl (C=O) groups excluding carboxylic acids is 3. The van der Waals surface area contributed by atoms with Crippen molar-refractivity contribution < 1.29 is 18.8 Å². The molecular weight excluding hydrogens is 402 g/mol. The number of rotatable bonds is 6. The largest absolute Gasteiger partial charge is 0.467 e. The quantitative estimate of drug-likeness (QED) is 0.637. The molecule has 3 amide bonds. The summed E-state index contributed by atoms with van der Waals surface area (Å²) in [5, 5.41) is 2.81. The lowest BCUT2D eigenvalue weighted by atomic mass is 10.1. The van der Waals surface area contributed by atoms with E-state index in [1.165, 1.54) is 11.8 Å². The summed E-state index contributed by atoms with van der Waals surface area (Å²) in [4.78, 5) is 39.2. The molecule has 30 heavy (non-hydrogen) atoms. The molecule has 8 heteroatoms. The highest BCUT2D eigenvalue weighted by Crippen LogP contribution is 2.37. The molecule has 1 aliphatic heterocycles. The van der Waals surface area contributed by atoms with E-state index >= 15 is 0 Å². The fourth-order valence-corrected chi connectivity index (χ4v) is 4.12. The van der Waals surface area contributed by atoms with Crippen LogP contribution in [-0.2, 0) is 17.9 Å². The summed E-state index contributed by atoms with van der Waals surface area (Å²) in [6.07, 6.45) is 1.55. The molecule has 2 heterocycles. The average molecular weight is 421 g/mol. The molecule has 0 saturated heterocycles. The number of anilines is 1. The first kappa shape index (κ1) is 19.8. The first-order chi connectivity index (χ1) is 14.5. The van der Waals surface area contributed by atoms with Gasteiger partial charge in [-0.1, -0.05) is 12.1 Å². The van der Waals surface area contributed by atoms with Crippen molar-refractivity contribution >= 4 is 35.2 Å². The van der Waals surface area contributed by atoms with Crippen LogP contribution < -0.4 is 16.0 Å². The lowest BCUT2D eigenvalue weighted by molar-refractivity contribution is -0.116. The number of primary amides is 1. The maximum absolute atomic E-state index is 12.6. The molecule has 0 unspecified atom stereocenters. The second-order valence-corrected chi connectivity index (χ2v) is 7.79. The van der Waals surface area contributed by atoms with Gasteiger partial charge in [0.15, 0.2) is 0 Å². The van der Waals surface area contributed by atoms with Gasteiger partial charge in [0.2, 0.25) is 11.8 Å². The number of hydrogen-bond acceptors (Lipinski definition) is 5. The summed E-state index contributed by atoms with van der Waals surface area (Å²) in [6.45, 7) is 0.561. The van der Waals surface area contributed by atoms with Gasteiger partial charge in [-0.2, -0.15) is 0 Å². The van der Waals surface area contributed by atoms with Crippen molar-refractivity contribution in [1.82, 2.24) is 5.32 Å². The number of hydrogen-bond donors (Lipinski definition) is 2. The summed E-state index contributed by atoms with van der Waals surface area (Å²) >= 11 is 1.44. The Bertz CT molecular complexity index is 1110. The number of thioether (sulfide) groups is 1. The van der Waals surface area contributed by atoms with E-state index in [4.69, 9.17) is 10.2 Å². The van der Waals surface area contributed by atoms with Gasteiger partial charge >= 0.3 is 0 Å². The molecule has 3 N–H and O–H groups in total. The Kier molecular flexibility index (Phi) is 5.58. The third-order valence-electron chi connectivity index (χ3n) is 4.72. The summed E-state index contributed by atoms with van der Waals surface area (Å²) in [7, 11) is 0.